The first-order chi connectivity index (χ1) is 28.0. The van der Waals surface area contributed by atoms with Crippen LogP contribution >= 0.6 is 0 Å². The van der Waals surface area contributed by atoms with E-state index in [1.807, 2.05) is 6.92 Å². The Balaban J connectivity index is 3.68. The predicted molar refractivity (Wildman–Crippen MR) is 213 cm³/mol. The molecule has 0 radical (unpaired) electrons. The third-order valence-corrected chi connectivity index (χ3v) is 8.68. The van der Waals surface area contributed by atoms with E-state index in [1.54, 1.807) is 0 Å². The SMILES string of the molecule is CCN[C@@H](CCCCNC(=O)COCCOCCNC(=O)COCCOCCNC(=O)CC[C@H](NC(=O)CCCCCCCCCCCCC(=O)O)C(=O)O)C(=O)O. The van der Waals surface area contributed by atoms with Gasteiger partial charge in [-0.25, -0.2) is 4.79 Å². The van der Waals surface area contributed by atoms with Crippen molar-refractivity contribution >= 4 is 41.5 Å². The van der Waals surface area contributed by atoms with Gasteiger partial charge in [-0.15, -0.1) is 0 Å². The molecular weight excluding hydrogens is 762 g/mol. The highest BCUT2D eigenvalue weighted by Gasteiger charge is 2.21. The lowest BCUT2D eigenvalue weighted by atomic mass is 10.0. The van der Waals surface area contributed by atoms with Crippen molar-refractivity contribution in [2.24, 2.45) is 0 Å². The summed E-state index contributed by atoms with van der Waals surface area (Å²) in [5.74, 6) is -4.15. The minimum absolute atomic E-state index is 0.0409. The van der Waals surface area contributed by atoms with E-state index < -0.39 is 30.0 Å². The number of amides is 4. The Morgan fingerprint density at radius 3 is 1.41 bits per heavy atom. The van der Waals surface area contributed by atoms with Crippen LogP contribution in [-0.2, 0) is 52.5 Å². The third kappa shape index (κ3) is 36.4. The minimum atomic E-state index is -1.20. The highest BCUT2D eigenvalue weighted by molar-refractivity contribution is 5.84. The van der Waals surface area contributed by atoms with Crippen molar-refractivity contribution < 1.29 is 67.8 Å². The van der Waals surface area contributed by atoms with E-state index in [0.717, 1.165) is 57.8 Å². The Morgan fingerprint density at radius 2 is 0.914 bits per heavy atom. The molecule has 19 nitrogen and oxygen atoms in total. The molecule has 0 aromatic carbocycles. The van der Waals surface area contributed by atoms with Crippen LogP contribution in [0.5, 0.6) is 0 Å². The number of rotatable bonds is 42. The maximum Gasteiger partial charge on any atom is 0.326 e. The van der Waals surface area contributed by atoms with Gasteiger partial charge in [-0.3, -0.25) is 28.8 Å². The first kappa shape index (κ1) is 54.1. The molecule has 0 rings (SSSR count). The van der Waals surface area contributed by atoms with Gasteiger partial charge in [0.25, 0.3) is 0 Å². The molecule has 0 unspecified atom stereocenters. The van der Waals surface area contributed by atoms with Gasteiger partial charge in [0.1, 0.15) is 25.3 Å². The van der Waals surface area contributed by atoms with Crippen LogP contribution in [0.3, 0.4) is 0 Å². The Kier molecular flexibility index (Phi) is 36.0. The van der Waals surface area contributed by atoms with E-state index in [9.17, 15) is 38.7 Å². The maximum atomic E-state index is 12.3. The van der Waals surface area contributed by atoms with Crippen LogP contribution in [0.4, 0.5) is 0 Å². The molecule has 0 saturated carbocycles. The maximum absolute atomic E-state index is 12.3. The number of carboxylic acids is 3. The van der Waals surface area contributed by atoms with E-state index in [2.05, 4.69) is 26.6 Å². The van der Waals surface area contributed by atoms with Crippen LogP contribution in [0.15, 0.2) is 0 Å². The standard InChI is InChI=1S/C39H71N5O14/c1-2-40-31(38(51)52)15-13-14-20-41-35(47)29-57-27-26-56-24-22-43-36(48)30-58-28-25-55-23-21-42-33(45)19-18-32(39(53)54)44-34(46)16-11-9-7-5-3-4-6-8-10-12-17-37(49)50/h31-32,40H,2-30H2,1H3,(H,41,47)(H,42,45)(H,43,48)(H,44,46)(H,49,50)(H,51,52)(H,53,54)/t31-,32-/m0/s1. The quantitative estimate of drug-likeness (QED) is 0.0407. The second-order valence-electron chi connectivity index (χ2n) is 13.8. The van der Waals surface area contributed by atoms with Gasteiger partial charge in [0.15, 0.2) is 0 Å². The van der Waals surface area contributed by atoms with Crippen molar-refractivity contribution in [3.63, 3.8) is 0 Å². The Morgan fingerprint density at radius 1 is 0.448 bits per heavy atom. The fourth-order valence-corrected chi connectivity index (χ4v) is 5.52. The number of likely N-dealkylation sites (N-methyl/N-ethyl adjacent to an activating group) is 1. The van der Waals surface area contributed by atoms with Crippen molar-refractivity contribution in [2.45, 2.75) is 128 Å². The summed E-state index contributed by atoms with van der Waals surface area (Å²) in [4.78, 5) is 81.3. The van der Waals surface area contributed by atoms with Crippen LogP contribution in [-0.4, -0.2) is 148 Å². The molecule has 2 atom stereocenters. The minimum Gasteiger partial charge on any atom is -0.481 e. The van der Waals surface area contributed by atoms with Gasteiger partial charge < -0.3 is 60.9 Å². The molecule has 4 amide bonds. The summed E-state index contributed by atoms with van der Waals surface area (Å²) in [5, 5.41) is 40.6. The van der Waals surface area contributed by atoms with E-state index in [0.29, 0.717) is 38.8 Å². The average Bonchev–Trinajstić information content (AvgIpc) is 3.17. The zero-order chi connectivity index (χ0) is 43.1. The summed E-state index contributed by atoms with van der Waals surface area (Å²) >= 11 is 0. The van der Waals surface area contributed by atoms with Crippen LogP contribution < -0.4 is 26.6 Å². The first-order valence-corrected chi connectivity index (χ1v) is 20.8. The van der Waals surface area contributed by atoms with Crippen molar-refractivity contribution in [1.82, 2.24) is 26.6 Å². The first-order valence-electron chi connectivity index (χ1n) is 20.8. The molecule has 58 heavy (non-hydrogen) atoms. The molecular formula is C39H71N5O14. The number of unbranched alkanes of at least 4 members (excludes halogenated alkanes) is 10. The molecule has 0 aliphatic heterocycles. The Labute approximate surface area is 342 Å². The third-order valence-electron chi connectivity index (χ3n) is 8.68. The van der Waals surface area contributed by atoms with Crippen LogP contribution in [0.25, 0.3) is 0 Å². The number of hydrogen-bond donors (Lipinski definition) is 8. The fraction of sp³-hybridized carbons (Fsp3) is 0.821. The number of carbonyl (C=O) groups is 7. The van der Waals surface area contributed by atoms with Crippen molar-refractivity contribution in [3.8, 4) is 0 Å². The predicted octanol–water partition coefficient (Wildman–Crippen LogP) is 1.75. The molecule has 0 heterocycles. The lowest BCUT2D eigenvalue weighted by Crippen LogP contribution is -2.41. The largest absolute Gasteiger partial charge is 0.481 e. The highest BCUT2D eigenvalue weighted by atomic mass is 16.5. The monoisotopic (exact) mass is 833 g/mol. The van der Waals surface area contributed by atoms with Crippen LogP contribution in [0.2, 0.25) is 0 Å². The molecule has 0 spiro atoms. The lowest BCUT2D eigenvalue weighted by molar-refractivity contribution is -0.142. The summed E-state index contributed by atoms with van der Waals surface area (Å²) in [6.45, 7) is 4.26. The van der Waals surface area contributed by atoms with Gasteiger partial charge in [-0.1, -0.05) is 58.3 Å². The number of aliphatic carboxylic acids is 3. The van der Waals surface area contributed by atoms with Crippen LogP contribution in [0, 0.1) is 0 Å². The summed E-state index contributed by atoms with van der Waals surface area (Å²) < 4.78 is 21.3. The number of ether oxygens (including phenoxy) is 4. The smallest absolute Gasteiger partial charge is 0.326 e. The van der Waals surface area contributed by atoms with E-state index in [1.165, 1.54) is 0 Å². The molecule has 0 bridgehead atoms. The van der Waals surface area contributed by atoms with Crippen molar-refractivity contribution in [1.29, 1.82) is 0 Å². The van der Waals surface area contributed by atoms with Gasteiger partial charge in [0.05, 0.1) is 39.6 Å². The molecule has 0 fully saturated rings. The van der Waals surface area contributed by atoms with Gasteiger partial charge in [-0.2, -0.15) is 0 Å². The summed E-state index contributed by atoms with van der Waals surface area (Å²) in [6.07, 6.45) is 11.8. The molecule has 0 aromatic heterocycles. The van der Waals surface area contributed by atoms with Crippen molar-refractivity contribution in [3.05, 3.63) is 0 Å². The molecule has 0 aromatic rings. The topological polar surface area (TPSA) is 277 Å². The van der Waals surface area contributed by atoms with E-state index >= 15 is 0 Å². The summed E-state index contributed by atoms with van der Waals surface area (Å²) in [7, 11) is 0. The van der Waals surface area contributed by atoms with E-state index in [-0.39, 0.29) is 115 Å². The van der Waals surface area contributed by atoms with Crippen LogP contribution in [0.1, 0.15) is 116 Å². The Bertz CT molecular complexity index is 1150. The van der Waals surface area contributed by atoms with Gasteiger partial charge in [-0.05, 0) is 45.1 Å². The van der Waals surface area contributed by atoms with Gasteiger partial charge in [0.2, 0.25) is 23.6 Å². The normalized spacial score (nSPS) is 12.0. The van der Waals surface area contributed by atoms with Gasteiger partial charge in [0, 0.05) is 38.9 Å². The zero-order valence-electron chi connectivity index (χ0n) is 34.5. The average molecular weight is 834 g/mol. The Hall–Kier alpha value is -3.91. The molecule has 336 valence electrons. The lowest BCUT2D eigenvalue weighted by Gasteiger charge is -2.14. The number of hydrogen-bond acceptors (Lipinski definition) is 12. The summed E-state index contributed by atoms with van der Waals surface area (Å²) in [5.41, 5.74) is 0. The molecule has 8 N–H and O–H groups in total. The number of carbonyl (C=O) groups excluding carboxylic acids is 4. The van der Waals surface area contributed by atoms with E-state index in [4.69, 9.17) is 29.2 Å². The molecule has 19 heteroatoms. The number of carboxylic acid groups (broad SMARTS) is 3. The summed E-state index contributed by atoms with van der Waals surface area (Å²) in [6, 6.07) is -1.74. The molecule has 0 aliphatic carbocycles. The second kappa shape index (κ2) is 38.6. The fourth-order valence-electron chi connectivity index (χ4n) is 5.52. The zero-order valence-corrected chi connectivity index (χ0v) is 34.5. The highest BCUT2D eigenvalue weighted by Crippen LogP contribution is 2.12. The van der Waals surface area contributed by atoms with Gasteiger partial charge >= 0.3 is 17.9 Å². The molecule has 0 aliphatic rings. The van der Waals surface area contributed by atoms with Crippen molar-refractivity contribution in [2.75, 3.05) is 79.0 Å². The second-order valence-corrected chi connectivity index (χ2v) is 13.8. The molecule has 0 saturated heterocycles. The number of nitrogens with one attached hydrogen (secondary N) is 5.